The van der Waals surface area contributed by atoms with Gasteiger partial charge >= 0.3 is 0 Å². The van der Waals surface area contributed by atoms with Crippen molar-refractivity contribution in [3.8, 4) is 5.75 Å². The fourth-order valence-electron chi connectivity index (χ4n) is 1.19. The van der Waals surface area contributed by atoms with Crippen LogP contribution in [0.3, 0.4) is 0 Å². The molecule has 0 radical (unpaired) electrons. The van der Waals surface area contributed by atoms with Crippen LogP contribution < -0.4 is 10.2 Å². The maximum atomic E-state index is 10.7. The van der Waals surface area contributed by atoms with Gasteiger partial charge in [-0.2, -0.15) is 5.10 Å². The molecule has 4 heteroatoms. The van der Waals surface area contributed by atoms with Crippen molar-refractivity contribution in [2.75, 3.05) is 0 Å². The summed E-state index contributed by atoms with van der Waals surface area (Å²) in [6.07, 6.45) is 2.68. The van der Waals surface area contributed by atoms with E-state index in [1.165, 1.54) is 6.92 Å². The highest BCUT2D eigenvalue weighted by molar-refractivity contribution is 5.84. The first-order valence-electron chi connectivity index (χ1n) is 5.68. The molecule has 0 aliphatic carbocycles. The second-order valence-electron chi connectivity index (χ2n) is 3.80. The largest absolute Gasteiger partial charge is 0.490 e. The Labute approximate surface area is 102 Å². The lowest BCUT2D eigenvalue weighted by Crippen LogP contribution is -2.13. The van der Waals surface area contributed by atoms with Crippen LogP contribution in [-0.2, 0) is 4.79 Å². The molecule has 4 nitrogen and oxygen atoms in total. The minimum atomic E-state index is -0.193. The van der Waals surface area contributed by atoms with Crippen LogP contribution in [0.1, 0.15) is 32.8 Å². The predicted octanol–water partition coefficient (Wildman–Crippen LogP) is 2.33. The van der Waals surface area contributed by atoms with Crippen molar-refractivity contribution in [1.82, 2.24) is 5.43 Å². The first-order valence-corrected chi connectivity index (χ1v) is 5.68. The van der Waals surface area contributed by atoms with Crippen molar-refractivity contribution in [3.05, 3.63) is 29.8 Å². The molecule has 0 aliphatic rings. The van der Waals surface area contributed by atoms with Gasteiger partial charge in [-0.05, 0) is 25.5 Å². The minimum Gasteiger partial charge on any atom is -0.490 e. The standard InChI is InChI=1S/C13H18N2O2/c1-4-10(2)17-13-8-6-5-7-12(13)9-14-15-11(3)16/h5-10H,4H2,1-3H3,(H,15,16)/b14-9-/t10-/m1/s1. The summed E-state index contributed by atoms with van der Waals surface area (Å²) in [5, 5.41) is 3.83. The molecule has 1 aromatic carbocycles. The summed E-state index contributed by atoms with van der Waals surface area (Å²) < 4.78 is 5.75. The van der Waals surface area contributed by atoms with E-state index in [0.717, 1.165) is 17.7 Å². The van der Waals surface area contributed by atoms with Gasteiger partial charge < -0.3 is 4.74 Å². The molecule has 0 saturated carbocycles. The number of rotatable bonds is 5. The smallest absolute Gasteiger partial charge is 0.236 e. The molecular weight excluding hydrogens is 216 g/mol. The fraction of sp³-hybridized carbons (Fsp3) is 0.385. The highest BCUT2D eigenvalue weighted by Gasteiger charge is 2.04. The maximum absolute atomic E-state index is 10.7. The third-order valence-electron chi connectivity index (χ3n) is 2.25. The van der Waals surface area contributed by atoms with Crippen molar-refractivity contribution >= 4 is 12.1 Å². The Morgan fingerprint density at radius 2 is 2.24 bits per heavy atom. The molecule has 92 valence electrons. The minimum absolute atomic E-state index is 0.158. The van der Waals surface area contributed by atoms with E-state index in [0.29, 0.717) is 0 Å². The number of nitrogens with one attached hydrogen (secondary N) is 1. The lowest BCUT2D eigenvalue weighted by molar-refractivity contribution is -0.118. The van der Waals surface area contributed by atoms with Crippen LogP contribution in [0.2, 0.25) is 0 Å². The molecule has 0 spiro atoms. The summed E-state index contributed by atoms with van der Waals surface area (Å²) in [5.41, 5.74) is 3.21. The number of carbonyl (C=O) groups excluding carboxylic acids is 1. The lowest BCUT2D eigenvalue weighted by atomic mass is 10.2. The summed E-state index contributed by atoms with van der Waals surface area (Å²) in [6, 6.07) is 7.59. The average Bonchev–Trinajstić information content (AvgIpc) is 2.30. The number of carbonyl (C=O) groups is 1. The molecule has 0 aromatic heterocycles. The van der Waals surface area contributed by atoms with Crippen molar-refractivity contribution in [3.63, 3.8) is 0 Å². The molecule has 0 heterocycles. The third-order valence-corrected chi connectivity index (χ3v) is 2.25. The Kier molecular flexibility index (Phi) is 5.20. The van der Waals surface area contributed by atoms with E-state index in [1.807, 2.05) is 31.2 Å². The summed E-state index contributed by atoms with van der Waals surface area (Å²) in [6.45, 7) is 5.50. The average molecular weight is 234 g/mol. The van der Waals surface area contributed by atoms with Gasteiger partial charge in [0, 0.05) is 12.5 Å². The summed E-state index contributed by atoms with van der Waals surface area (Å²) >= 11 is 0. The van der Waals surface area contributed by atoms with E-state index >= 15 is 0 Å². The molecule has 1 amide bonds. The van der Waals surface area contributed by atoms with Crippen LogP contribution in [0, 0.1) is 0 Å². The zero-order chi connectivity index (χ0) is 12.7. The normalized spacial score (nSPS) is 12.4. The van der Waals surface area contributed by atoms with Crippen molar-refractivity contribution < 1.29 is 9.53 Å². The van der Waals surface area contributed by atoms with Gasteiger partial charge in [0.25, 0.3) is 0 Å². The molecule has 0 unspecified atom stereocenters. The highest BCUT2D eigenvalue weighted by atomic mass is 16.5. The van der Waals surface area contributed by atoms with Gasteiger partial charge in [0.1, 0.15) is 5.75 Å². The van der Waals surface area contributed by atoms with E-state index in [4.69, 9.17) is 4.74 Å². The Morgan fingerprint density at radius 1 is 1.53 bits per heavy atom. The Bertz CT molecular complexity index is 402. The van der Waals surface area contributed by atoms with Crippen LogP contribution in [0.15, 0.2) is 29.4 Å². The van der Waals surface area contributed by atoms with Crippen LogP contribution in [0.4, 0.5) is 0 Å². The molecule has 0 fully saturated rings. The van der Waals surface area contributed by atoms with Gasteiger partial charge in [0.15, 0.2) is 0 Å². The second-order valence-corrected chi connectivity index (χ2v) is 3.80. The summed E-state index contributed by atoms with van der Waals surface area (Å²) in [5.74, 6) is 0.581. The van der Waals surface area contributed by atoms with Crippen LogP contribution in [-0.4, -0.2) is 18.2 Å². The highest BCUT2D eigenvalue weighted by Crippen LogP contribution is 2.18. The van der Waals surface area contributed by atoms with E-state index in [2.05, 4.69) is 17.5 Å². The number of amides is 1. The number of nitrogens with zero attached hydrogens (tertiary/aromatic N) is 1. The number of hydrogen-bond donors (Lipinski definition) is 1. The van der Waals surface area contributed by atoms with Gasteiger partial charge in [-0.25, -0.2) is 5.43 Å². The number of benzene rings is 1. The van der Waals surface area contributed by atoms with E-state index in [1.54, 1.807) is 6.21 Å². The van der Waals surface area contributed by atoms with Gasteiger partial charge in [-0.1, -0.05) is 19.1 Å². The van der Waals surface area contributed by atoms with Gasteiger partial charge in [-0.3, -0.25) is 4.79 Å². The monoisotopic (exact) mass is 234 g/mol. The van der Waals surface area contributed by atoms with Gasteiger partial charge in [-0.15, -0.1) is 0 Å². The Balaban J connectivity index is 2.77. The van der Waals surface area contributed by atoms with Crippen LogP contribution >= 0.6 is 0 Å². The molecule has 1 rings (SSSR count). The molecule has 0 bridgehead atoms. The molecule has 1 N–H and O–H groups in total. The summed E-state index contributed by atoms with van der Waals surface area (Å²) in [4.78, 5) is 10.7. The molecule has 1 atom stereocenters. The van der Waals surface area contributed by atoms with Crippen LogP contribution in [0.25, 0.3) is 0 Å². The quantitative estimate of drug-likeness (QED) is 0.628. The SMILES string of the molecule is CC[C@@H](C)Oc1ccccc1/C=N\NC(C)=O. The number of ether oxygens (including phenoxy) is 1. The molecule has 1 aromatic rings. The zero-order valence-corrected chi connectivity index (χ0v) is 10.4. The first-order chi connectivity index (χ1) is 8.13. The molecule has 0 aliphatic heterocycles. The van der Waals surface area contributed by atoms with Crippen molar-refractivity contribution in [2.24, 2.45) is 5.10 Å². The fourth-order valence-corrected chi connectivity index (χ4v) is 1.19. The topological polar surface area (TPSA) is 50.7 Å². The van der Waals surface area contributed by atoms with E-state index in [-0.39, 0.29) is 12.0 Å². The summed E-state index contributed by atoms with van der Waals surface area (Å²) in [7, 11) is 0. The third kappa shape index (κ3) is 4.68. The lowest BCUT2D eigenvalue weighted by Gasteiger charge is -2.14. The van der Waals surface area contributed by atoms with Crippen molar-refractivity contribution in [1.29, 1.82) is 0 Å². The first kappa shape index (κ1) is 13.2. The number of para-hydroxylation sites is 1. The Morgan fingerprint density at radius 3 is 2.88 bits per heavy atom. The molecule has 0 saturated heterocycles. The molecular formula is C13H18N2O2. The van der Waals surface area contributed by atoms with E-state index < -0.39 is 0 Å². The number of hydrogen-bond acceptors (Lipinski definition) is 3. The maximum Gasteiger partial charge on any atom is 0.236 e. The Hall–Kier alpha value is -1.84. The van der Waals surface area contributed by atoms with Crippen LogP contribution in [0.5, 0.6) is 5.75 Å². The zero-order valence-electron chi connectivity index (χ0n) is 10.4. The molecule has 17 heavy (non-hydrogen) atoms. The van der Waals surface area contributed by atoms with E-state index in [9.17, 15) is 4.79 Å². The predicted molar refractivity (Wildman–Crippen MR) is 68.2 cm³/mol. The second kappa shape index (κ2) is 6.68. The van der Waals surface area contributed by atoms with Crippen molar-refractivity contribution in [2.45, 2.75) is 33.3 Å². The van der Waals surface area contributed by atoms with Gasteiger partial charge in [0.05, 0.1) is 12.3 Å². The number of hydrazone groups is 1. The van der Waals surface area contributed by atoms with Gasteiger partial charge in [0.2, 0.25) is 5.91 Å².